The maximum absolute atomic E-state index is 12.7. The van der Waals surface area contributed by atoms with E-state index in [2.05, 4.69) is 19.0 Å². The molecule has 0 radical (unpaired) electrons. The molecule has 1 aliphatic rings. The van der Waals surface area contributed by atoms with Crippen LogP contribution in [-0.4, -0.2) is 56.0 Å². The highest BCUT2D eigenvalue weighted by molar-refractivity contribution is 6.02. The van der Waals surface area contributed by atoms with Gasteiger partial charge in [-0.05, 0) is 39.1 Å². The first-order chi connectivity index (χ1) is 9.54. The first-order valence-corrected chi connectivity index (χ1v) is 6.92. The molecule has 0 saturated carbocycles. The van der Waals surface area contributed by atoms with Crippen LogP contribution in [0.3, 0.4) is 0 Å². The molecule has 1 aromatic rings. The Labute approximate surface area is 120 Å². The summed E-state index contributed by atoms with van der Waals surface area (Å²) in [5.41, 5.74) is 6.92. The number of hydrogen-bond donors (Lipinski definition) is 1. The molecule has 20 heavy (non-hydrogen) atoms. The second-order valence-electron chi connectivity index (χ2n) is 5.44. The number of amides is 1. The molecule has 1 aromatic carbocycles. The van der Waals surface area contributed by atoms with Crippen LogP contribution in [0.4, 0.5) is 5.69 Å². The fourth-order valence-electron chi connectivity index (χ4n) is 2.67. The number of nitrogens with zero attached hydrogens (tertiary/aromatic N) is 2. The van der Waals surface area contributed by atoms with Gasteiger partial charge in [0.2, 0.25) is 0 Å². The normalized spacial score (nSPS) is 19.2. The second kappa shape index (κ2) is 6.13. The van der Waals surface area contributed by atoms with Crippen LogP contribution >= 0.6 is 0 Å². The van der Waals surface area contributed by atoms with E-state index in [1.807, 2.05) is 4.90 Å². The highest BCUT2D eigenvalue weighted by Gasteiger charge is 2.28. The first kappa shape index (κ1) is 14.7. The van der Waals surface area contributed by atoms with Gasteiger partial charge in [-0.25, -0.2) is 0 Å². The lowest BCUT2D eigenvalue weighted by Gasteiger charge is -2.36. The van der Waals surface area contributed by atoms with E-state index in [0.29, 0.717) is 23.0 Å². The summed E-state index contributed by atoms with van der Waals surface area (Å²) in [6.45, 7) is 1.52. The molecule has 1 aliphatic heterocycles. The molecule has 0 spiro atoms. The number of anilines is 1. The van der Waals surface area contributed by atoms with Crippen molar-refractivity contribution in [3.63, 3.8) is 0 Å². The molecule has 110 valence electrons. The van der Waals surface area contributed by atoms with Crippen molar-refractivity contribution in [2.75, 3.05) is 40.0 Å². The molecular formula is C15H23N3O2. The molecule has 0 aliphatic carbocycles. The Morgan fingerprint density at radius 2 is 2.20 bits per heavy atom. The lowest BCUT2D eigenvalue weighted by atomic mass is 10.0. The van der Waals surface area contributed by atoms with Crippen LogP contribution in [0.5, 0.6) is 5.75 Å². The molecule has 5 nitrogen and oxygen atoms in total. The second-order valence-corrected chi connectivity index (χ2v) is 5.44. The number of ether oxygens (including phenoxy) is 1. The summed E-state index contributed by atoms with van der Waals surface area (Å²) in [4.78, 5) is 16.8. The minimum atomic E-state index is -0.0356. The number of rotatable bonds is 3. The zero-order chi connectivity index (χ0) is 14.7. The molecule has 0 bridgehead atoms. The fourth-order valence-corrected chi connectivity index (χ4v) is 2.67. The Morgan fingerprint density at radius 3 is 2.85 bits per heavy atom. The predicted octanol–water partition coefficient (Wildman–Crippen LogP) is 1.44. The lowest BCUT2D eigenvalue weighted by molar-refractivity contribution is 0.0633. The minimum Gasteiger partial charge on any atom is -0.496 e. The van der Waals surface area contributed by atoms with E-state index in [9.17, 15) is 4.79 Å². The first-order valence-electron chi connectivity index (χ1n) is 6.92. The molecule has 2 N–H and O–H groups in total. The van der Waals surface area contributed by atoms with Crippen LogP contribution in [0.15, 0.2) is 18.2 Å². The maximum Gasteiger partial charge on any atom is 0.259 e. The van der Waals surface area contributed by atoms with Crippen molar-refractivity contribution < 1.29 is 9.53 Å². The van der Waals surface area contributed by atoms with Gasteiger partial charge in [-0.15, -0.1) is 0 Å². The number of nitrogens with two attached hydrogens (primary N) is 1. The van der Waals surface area contributed by atoms with Crippen LogP contribution in [0.1, 0.15) is 23.2 Å². The lowest BCUT2D eigenvalue weighted by Crippen LogP contribution is -2.47. The molecule has 1 fully saturated rings. The number of likely N-dealkylation sites (N-methyl/N-ethyl adjacent to an activating group) is 1. The van der Waals surface area contributed by atoms with Gasteiger partial charge in [-0.3, -0.25) is 4.79 Å². The number of piperidine rings is 1. The van der Waals surface area contributed by atoms with Crippen LogP contribution in [-0.2, 0) is 0 Å². The molecule has 1 heterocycles. The summed E-state index contributed by atoms with van der Waals surface area (Å²) < 4.78 is 5.27. The number of nitrogen functional groups attached to an aromatic ring is 1. The standard InChI is InChI=1S/C15H23N3O2/c1-17(2)11-6-5-9-18(10-11)15(19)14-12(16)7-4-8-13(14)20-3/h4,7-8,11H,5-6,9-10,16H2,1-3H3. The van der Waals surface area contributed by atoms with Crippen LogP contribution in [0.2, 0.25) is 0 Å². The molecule has 0 aromatic heterocycles. The molecule has 1 atom stereocenters. The Hall–Kier alpha value is -1.75. The summed E-state index contributed by atoms with van der Waals surface area (Å²) in [7, 11) is 5.66. The van der Waals surface area contributed by atoms with E-state index in [1.165, 1.54) is 0 Å². The monoisotopic (exact) mass is 277 g/mol. The van der Waals surface area contributed by atoms with Gasteiger partial charge in [0, 0.05) is 24.8 Å². The molecule has 1 unspecified atom stereocenters. The van der Waals surface area contributed by atoms with Crippen molar-refractivity contribution >= 4 is 11.6 Å². The topological polar surface area (TPSA) is 58.8 Å². The zero-order valence-corrected chi connectivity index (χ0v) is 12.4. The predicted molar refractivity (Wildman–Crippen MR) is 80.0 cm³/mol. The summed E-state index contributed by atoms with van der Waals surface area (Å²) in [5, 5.41) is 0. The van der Waals surface area contributed by atoms with Crippen molar-refractivity contribution in [2.45, 2.75) is 18.9 Å². The third kappa shape index (κ3) is 2.88. The fraction of sp³-hybridized carbons (Fsp3) is 0.533. The van der Waals surface area contributed by atoms with E-state index in [1.54, 1.807) is 25.3 Å². The van der Waals surface area contributed by atoms with Crippen LogP contribution in [0, 0.1) is 0 Å². The average Bonchev–Trinajstić information content (AvgIpc) is 2.46. The van der Waals surface area contributed by atoms with E-state index in [4.69, 9.17) is 10.5 Å². The van der Waals surface area contributed by atoms with E-state index in [-0.39, 0.29) is 5.91 Å². The van der Waals surface area contributed by atoms with Gasteiger partial charge in [-0.1, -0.05) is 6.07 Å². The van der Waals surface area contributed by atoms with Crippen molar-refractivity contribution in [3.8, 4) is 5.75 Å². The summed E-state index contributed by atoms with van der Waals surface area (Å²) >= 11 is 0. The number of methoxy groups -OCH3 is 1. The Kier molecular flexibility index (Phi) is 4.49. The number of carbonyl (C=O) groups is 1. The number of hydrogen-bond acceptors (Lipinski definition) is 4. The largest absolute Gasteiger partial charge is 0.496 e. The summed E-state index contributed by atoms with van der Waals surface area (Å²) in [5.74, 6) is 0.508. The maximum atomic E-state index is 12.7. The van der Waals surface area contributed by atoms with Gasteiger partial charge in [0.15, 0.2) is 0 Å². The summed E-state index contributed by atoms with van der Waals surface area (Å²) in [6.07, 6.45) is 2.14. The summed E-state index contributed by atoms with van der Waals surface area (Å²) in [6, 6.07) is 5.72. The van der Waals surface area contributed by atoms with Gasteiger partial charge in [0.1, 0.15) is 11.3 Å². The molecular weight excluding hydrogens is 254 g/mol. The van der Waals surface area contributed by atoms with Gasteiger partial charge in [-0.2, -0.15) is 0 Å². The quantitative estimate of drug-likeness (QED) is 0.849. The van der Waals surface area contributed by atoms with Gasteiger partial charge in [0.25, 0.3) is 5.91 Å². The van der Waals surface area contributed by atoms with E-state index < -0.39 is 0 Å². The van der Waals surface area contributed by atoms with Crippen LogP contribution < -0.4 is 10.5 Å². The number of benzene rings is 1. The van der Waals surface area contributed by atoms with Crippen LogP contribution in [0.25, 0.3) is 0 Å². The zero-order valence-electron chi connectivity index (χ0n) is 12.4. The third-order valence-electron chi connectivity index (χ3n) is 3.91. The molecule has 1 amide bonds. The van der Waals surface area contributed by atoms with Gasteiger partial charge >= 0.3 is 0 Å². The van der Waals surface area contributed by atoms with Crippen molar-refractivity contribution in [1.29, 1.82) is 0 Å². The molecule has 5 heteroatoms. The van der Waals surface area contributed by atoms with Gasteiger partial charge in [0.05, 0.1) is 7.11 Å². The van der Waals surface area contributed by atoms with Gasteiger partial charge < -0.3 is 20.3 Å². The number of likely N-dealkylation sites (tertiary alicyclic amines) is 1. The average molecular weight is 277 g/mol. The van der Waals surface area contributed by atoms with Crippen molar-refractivity contribution in [1.82, 2.24) is 9.80 Å². The minimum absolute atomic E-state index is 0.0356. The van der Waals surface area contributed by atoms with Crippen molar-refractivity contribution in [3.05, 3.63) is 23.8 Å². The molecule has 2 rings (SSSR count). The van der Waals surface area contributed by atoms with E-state index in [0.717, 1.165) is 25.9 Å². The smallest absolute Gasteiger partial charge is 0.259 e. The highest BCUT2D eigenvalue weighted by Crippen LogP contribution is 2.27. The highest BCUT2D eigenvalue weighted by atomic mass is 16.5. The Morgan fingerprint density at radius 1 is 1.45 bits per heavy atom. The van der Waals surface area contributed by atoms with Crippen molar-refractivity contribution in [2.24, 2.45) is 0 Å². The van der Waals surface area contributed by atoms with E-state index >= 15 is 0 Å². The third-order valence-corrected chi connectivity index (χ3v) is 3.91. The Bertz CT molecular complexity index is 488. The SMILES string of the molecule is COc1cccc(N)c1C(=O)N1CCCC(N(C)C)C1. The molecule has 1 saturated heterocycles. The number of carbonyl (C=O) groups excluding carboxylic acids is 1. The Balaban J connectivity index is 2.23.